The smallest absolute Gasteiger partial charge is 0.299 e. The molecule has 8 aromatic rings. The van der Waals surface area contributed by atoms with E-state index in [9.17, 15) is 83.5 Å². The number of phenols is 1. The number of hydrogen-bond donors (Lipinski definition) is 8. The van der Waals surface area contributed by atoms with E-state index in [1.165, 1.54) is 30.3 Å². The Labute approximate surface area is 451 Å². The van der Waals surface area contributed by atoms with Crippen molar-refractivity contribution in [3.8, 4) is 28.4 Å². The zero-order valence-corrected chi connectivity index (χ0v) is 45.2. The summed E-state index contributed by atoms with van der Waals surface area (Å²) in [5, 5.41) is 37.9. The van der Waals surface area contributed by atoms with E-state index < -0.39 is 121 Å². The molecular weight excluding hydrogens is 1190 g/mol. The number of fused-ring (bicyclic) bond motifs is 2. The molecule has 6 aromatic carbocycles. The van der Waals surface area contributed by atoms with Gasteiger partial charge in [0.05, 0.1) is 49.7 Å². The molecule has 8 N–H and O–H groups in total. The largest absolute Gasteiger partial charge is 0.505 e. The fraction of sp³-hybridized carbons (Fsp3) is 0.116. The first-order valence-electron chi connectivity index (χ1n) is 21.6. The number of aryl methyl sites for hydroxylation is 1. The minimum absolute atomic E-state index is 0.0625. The van der Waals surface area contributed by atoms with Gasteiger partial charge in [-0.1, -0.05) is 47.7 Å². The predicted molar refractivity (Wildman–Crippen MR) is 281 cm³/mol. The van der Waals surface area contributed by atoms with Gasteiger partial charge in [0.25, 0.3) is 56.1 Å². The van der Waals surface area contributed by atoms with Crippen LogP contribution in [0, 0.1) is 6.92 Å². The van der Waals surface area contributed by atoms with Gasteiger partial charge < -0.3 is 14.4 Å². The normalized spacial score (nSPS) is 13.4. The highest BCUT2D eigenvalue weighted by molar-refractivity contribution is 7.87. The fourth-order valence-corrected chi connectivity index (χ4v) is 12.0. The van der Waals surface area contributed by atoms with Crippen LogP contribution in [0.5, 0.6) is 11.5 Å². The molecule has 0 amide bonds. The highest BCUT2D eigenvalue weighted by Gasteiger charge is 2.26. The summed E-state index contributed by atoms with van der Waals surface area (Å²) in [6.07, 6.45) is -0.219. The molecule has 36 heteroatoms. The monoisotopic (exact) mass is 1220 g/mol. The topological polar surface area (TPSA) is 463 Å². The van der Waals surface area contributed by atoms with Crippen molar-refractivity contribution < 1.29 is 83.5 Å². The molecule has 0 aliphatic rings. The van der Waals surface area contributed by atoms with E-state index in [1.54, 1.807) is 25.1 Å². The lowest BCUT2D eigenvalue weighted by Gasteiger charge is -2.11. The second kappa shape index (κ2) is 22.0. The van der Waals surface area contributed by atoms with E-state index in [4.69, 9.17) is 4.74 Å². The number of nitrogens with zero attached hydrogens (tertiary/aromatic N) is 8. The molecule has 414 valence electrons. The number of hydrogen-bond acceptors (Lipinski definition) is 22. The summed E-state index contributed by atoms with van der Waals surface area (Å²) in [5.74, 6) is -1.97. The lowest BCUT2D eigenvalue weighted by atomic mass is 10.1. The van der Waals surface area contributed by atoms with E-state index in [1.807, 2.05) is 0 Å². The molecule has 0 aliphatic heterocycles. The number of aromatic hydroxyl groups is 1. The maximum atomic E-state index is 14.0. The van der Waals surface area contributed by atoms with Crippen LogP contribution >= 0.6 is 11.3 Å². The van der Waals surface area contributed by atoms with Crippen molar-refractivity contribution in [2.24, 2.45) is 30.7 Å². The maximum absolute atomic E-state index is 14.0. The van der Waals surface area contributed by atoms with E-state index in [0.29, 0.717) is 28.4 Å². The van der Waals surface area contributed by atoms with E-state index >= 15 is 0 Å². The first-order valence-corrected chi connectivity index (χ1v) is 31.0. The van der Waals surface area contributed by atoms with Gasteiger partial charge >= 0.3 is 0 Å². The summed E-state index contributed by atoms with van der Waals surface area (Å²) in [4.78, 5) is 14.5. The van der Waals surface area contributed by atoms with Crippen LogP contribution < -0.4 is 10.3 Å². The van der Waals surface area contributed by atoms with Crippen LogP contribution in [0.3, 0.4) is 0 Å². The molecular formula is C43H35N9O20S7. The van der Waals surface area contributed by atoms with Crippen LogP contribution in [-0.2, 0) is 67.4 Å². The quantitative estimate of drug-likeness (QED) is 0.0163. The third-order valence-electron chi connectivity index (χ3n) is 10.9. The third kappa shape index (κ3) is 13.4. The molecule has 8 rings (SSSR count). The Morgan fingerprint density at radius 3 is 1.92 bits per heavy atom. The highest BCUT2D eigenvalue weighted by atomic mass is 32.2. The summed E-state index contributed by atoms with van der Waals surface area (Å²) in [5.41, 5.74) is -2.84. The van der Waals surface area contributed by atoms with Gasteiger partial charge in [-0.05, 0) is 79.1 Å². The average molecular weight is 1220 g/mol. The third-order valence-corrected chi connectivity index (χ3v) is 16.7. The van der Waals surface area contributed by atoms with Crippen molar-refractivity contribution in [3.05, 3.63) is 119 Å². The van der Waals surface area contributed by atoms with Crippen LogP contribution in [0.1, 0.15) is 17.5 Å². The number of phenolic OH excluding ortho intramolecular Hbond substituents is 1. The number of H-pyrrole nitrogens is 1. The molecule has 1 atom stereocenters. The lowest BCUT2D eigenvalue weighted by molar-refractivity contribution is 0.317. The summed E-state index contributed by atoms with van der Waals surface area (Å²) in [6, 6.07) is 18.9. The Balaban J connectivity index is 1.16. The van der Waals surface area contributed by atoms with Gasteiger partial charge in [0.2, 0.25) is 5.13 Å². The number of rotatable bonds is 19. The van der Waals surface area contributed by atoms with Gasteiger partial charge in [-0.2, -0.15) is 42.1 Å². The van der Waals surface area contributed by atoms with Gasteiger partial charge in [0.1, 0.15) is 38.1 Å². The lowest BCUT2D eigenvalue weighted by Crippen LogP contribution is -2.16. The van der Waals surface area contributed by atoms with E-state index in [2.05, 4.69) is 40.8 Å². The first kappa shape index (κ1) is 57.7. The molecule has 29 nitrogen and oxygen atoms in total. The summed E-state index contributed by atoms with van der Waals surface area (Å²) in [7, 11) is -24.8. The molecule has 0 aliphatic carbocycles. The van der Waals surface area contributed by atoms with Crippen molar-refractivity contribution in [1.29, 1.82) is 0 Å². The number of thiazole rings is 1. The van der Waals surface area contributed by atoms with Gasteiger partial charge in [-0.15, -0.1) is 30.7 Å². The van der Waals surface area contributed by atoms with Crippen LogP contribution in [0.2, 0.25) is 0 Å². The maximum Gasteiger partial charge on any atom is 0.299 e. The summed E-state index contributed by atoms with van der Waals surface area (Å²) in [6.45, 7) is 1.22. The van der Waals surface area contributed by atoms with Crippen LogP contribution in [-0.4, -0.2) is 106 Å². The second-order valence-corrected chi connectivity index (χ2v) is 25.5. The van der Waals surface area contributed by atoms with Crippen molar-refractivity contribution in [2.75, 3.05) is 12.4 Å². The Bertz CT molecular complexity index is 4530. The van der Waals surface area contributed by atoms with Crippen LogP contribution in [0.25, 0.3) is 37.9 Å². The fourth-order valence-electron chi connectivity index (χ4n) is 7.46. The standard InChI is InChI=1S/C43H35N9O20S7/c1-22-14-33(34(72-12-5-13-75(57,58)59)20-32(22)47-50-43-44-38-35(73-43)15-23(21-74(55)56)16-36(38)78(66,67)68)48-45-30-10-9-29-28(40(30)53)8-11-31(41(29)79(69,70)71)46-49-39-37(24-6-3-2-4-7-24)51-52(42(39)54)25-17-26(76(60,61)62)19-27(18-25)77(63,64)65/h2-4,6-11,14-20,51,53H,5,12-13,21H2,1H3,(H,55,56)(H,57,58,59)(H,60,61,62)(H,63,64,65)(H,66,67,68)(H,69,70,71). The van der Waals surface area contributed by atoms with Crippen LogP contribution in [0.15, 0.2) is 152 Å². The average Bonchev–Trinajstić information content (AvgIpc) is 4.01. The number of aromatic amines is 1. The number of ether oxygens (including phenoxy) is 1. The van der Waals surface area contributed by atoms with Gasteiger partial charge in [0, 0.05) is 22.4 Å². The minimum atomic E-state index is -5.29. The predicted octanol–water partition coefficient (Wildman–Crippen LogP) is 8.22. The number of benzene rings is 6. The summed E-state index contributed by atoms with van der Waals surface area (Å²) < 4.78 is 198. The molecule has 0 saturated heterocycles. The van der Waals surface area contributed by atoms with Gasteiger partial charge in [-0.25, -0.2) is 13.9 Å². The minimum Gasteiger partial charge on any atom is -0.505 e. The molecule has 1 unspecified atom stereocenters. The van der Waals surface area contributed by atoms with Crippen LogP contribution in [0.4, 0.5) is 33.6 Å². The molecule has 2 heterocycles. The summed E-state index contributed by atoms with van der Waals surface area (Å²) >= 11 is -1.53. The van der Waals surface area contributed by atoms with Crippen molar-refractivity contribution in [3.63, 3.8) is 0 Å². The first-order chi connectivity index (χ1) is 36.9. The molecule has 0 spiro atoms. The molecule has 0 fully saturated rings. The Morgan fingerprint density at radius 2 is 1.30 bits per heavy atom. The molecule has 0 saturated carbocycles. The molecule has 0 radical (unpaired) electrons. The van der Waals surface area contributed by atoms with Crippen molar-refractivity contribution in [2.45, 2.75) is 38.7 Å². The molecule has 0 bridgehead atoms. The SMILES string of the molecule is Cc1cc(N=Nc2ccc3c(S(=O)(=O)O)c(N=Nc4c(-c5ccccc5)[nH]n(-c5cc(S(=O)(=O)O)cc(S(=O)(=O)O)c5)c4=O)ccc3c2O)c(OCCCS(=O)(=O)O)cc1N=Nc1nc2c(S(=O)(=O)O)cc(CS(=O)O)cc2s1. The Kier molecular flexibility index (Phi) is 16.1. The second-order valence-electron chi connectivity index (χ2n) is 16.4. The highest BCUT2D eigenvalue weighted by Crippen LogP contribution is 2.44. The molecule has 2 aromatic heterocycles. The Morgan fingerprint density at radius 1 is 0.684 bits per heavy atom. The number of aromatic nitrogens is 3. The van der Waals surface area contributed by atoms with Gasteiger partial charge in [0.15, 0.2) is 22.5 Å². The van der Waals surface area contributed by atoms with E-state index in [0.717, 1.165) is 41.7 Å². The van der Waals surface area contributed by atoms with Crippen molar-refractivity contribution >= 4 is 128 Å². The number of nitrogens with one attached hydrogen (secondary N) is 1. The zero-order chi connectivity index (χ0) is 57.6. The molecule has 79 heavy (non-hydrogen) atoms. The van der Waals surface area contributed by atoms with Gasteiger partial charge in [-0.3, -0.25) is 32.7 Å². The zero-order valence-electron chi connectivity index (χ0n) is 39.4. The number of azo groups is 3. The Hall–Kier alpha value is -7.46. The van der Waals surface area contributed by atoms with E-state index in [-0.39, 0.29) is 78.8 Å². The van der Waals surface area contributed by atoms with Crippen molar-refractivity contribution in [1.82, 2.24) is 14.8 Å².